The highest BCUT2D eigenvalue weighted by Crippen LogP contribution is 2.28. The first-order valence-electron chi connectivity index (χ1n) is 8.60. The number of carbonyl (C=O) groups is 1. The minimum Gasteiger partial charge on any atom is -0.444 e. The Bertz CT molecular complexity index is 726. The molecular weight excluding hydrogens is 321 g/mol. The van der Waals surface area contributed by atoms with Gasteiger partial charge in [0.2, 0.25) is 0 Å². The van der Waals surface area contributed by atoms with E-state index in [-0.39, 0.29) is 17.8 Å². The minimum absolute atomic E-state index is 0.252. The number of nitrogens with zero attached hydrogens (tertiary/aromatic N) is 2. The molecule has 1 aromatic heterocycles. The molecule has 6 heteroatoms. The Hall–Kier alpha value is -2.37. The van der Waals surface area contributed by atoms with Crippen molar-refractivity contribution in [2.45, 2.75) is 45.1 Å². The molecule has 0 aliphatic carbocycles. The van der Waals surface area contributed by atoms with Crippen LogP contribution in [0.3, 0.4) is 0 Å². The van der Waals surface area contributed by atoms with Crippen molar-refractivity contribution < 1.29 is 13.9 Å². The molecule has 0 unspecified atom stereocenters. The number of piperidine rings is 1. The predicted molar refractivity (Wildman–Crippen MR) is 93.8 cm³/mol. The van der Waals surface area contributed by atoms with Crippen LogP contribution in [0.4, 0.5) is 9.18 Å². The summed E-state index contributed by atoms with van der Waals surface area (Å²) in [6, 6.07) is 6.35. The second-order valence-corrected chi connectivity index (χ2v) is 7.43. The topological polar surface area (TPSA) is 58.2 Å². The van der Waals surface area contributed by atoms with Crippen LogP contribution < -0.4 is 0 Å². The molecule has 1 aromatic carbocycles. The monoisotopic (exact) mass is 345 g/mol. The zero-order valence-electron chi connectivity index (χ0n) is 14.9. The minimum atomic E-state index is -0.473. The average molecular weight is 345 g/mol. The lowest BCUT2D eigenvalue weighted by Gasteiger charge is -2.32. The quantitative estimate of drug-likeness (QED) is 0.881. The molecule has 2 heterocycles. The van der Waals surface area contributed by atoms with Gasteiger partial charge in [-0.05, 0) is 63.4 Å². The number of aromatic amines is 1. The SMILES string of the molecule is CC(C)(C)OC(=O)N1CCC(c2ncc(-c3ccc(F)cc3)[nH]2)CC1. The summed E-state index contributed by atoms with van der Waals surface area (Å²) >= 11 is 0. The first-order valence-corrected chi connectivity index (χ1v) is 8.60. The van der Waals surface area contributed by atoms with Gasteiger partial charge in [-0.2, -0.15) is 0 Å². The zero-order chi connectivity index (χ0) is 18.0. The highest BCUT2D eigenvalue weighted by molar-refractivity contribution is 5.68. The van der Waals surface area contributed by atoms with Crippen LogP contribution in [0.25, 0.3) is 11.3 Å². The molecule has 25 heavy (non-hydrogen) atoms. The number of halogens is 1. The molecule has 1 aliphatic heterocycles. The Morgan fingerprint density at radius 3 is 2.48 bits per heavy atom. The van der Waals surface area contributed by atoms with Crippen LogP contribution in [0.1, 0.15) is 45.4 Å². The lowest BCUT2D eigenvalue weighted by Crippen LogP contribution is -2.41. The maximum Gasteiger partial charge on any atom is 0.410 e. The van der Waals surface area contributed by atoms with E-state index in [4.69, 9.17) is 4.74 Å². The van der Waals surface area contributed by atoms with Gasteiger partial charge in [-0.25, -0.2) is 14.2 Å². The molecule has 0 bridgehead atoms. The van der Waals surface area contributed by atoms with E-state index in [2.05, 4.69) is 9.97 Å². The number of amides is 1. The van der Waals surface area contributed by atoms with Crippen molar-refractivity contribution in [3.05, 3.63) is 42.1 Å². The fourth-order valence-corrected chi connectivity index (χ4v) is 2.98. The molecule has 1 N–H and O–H groups in total. The van der Waals surface area contributed by atoms with E-state index in [1.807, 2.05) is 20.8 Å². The summed E-state index contributed by atoms with van der Waals surface area (Å²) in [6.07, 6.45) is 3.21. The van der Waals surface area contributed by atoms with Crippen molar-refractivity contribution in [3.63, 3.8) is 0 Å². The molecule has 2 aromatic rings. The Kier molecular flexibility index (Phi) is 4.79. The van der Waals surface area contributed by atoms with Crippen LogP contribution in [0.2, 0.25) is 0 Å². The molecule has 0 saturated carbocycles. The van der Waals surface area contributed by atoms with Crippen LogP contribution >= 0.6 is 0 Å². The van der Waals surface area contributed by atoms with Crippen molar-refractivity contribution in [2.75, 3.05) is 13.1 Å². The van der Waals surface area contributed by atoms with Gasteiger partial charge < -0.3 is 14.6 Å². The van der Waals surface area contributed by atoms with Crippen LogP contribution in [0.5, 0.6) is 0 Å². The Morgan fingerprint density at radius 1 is 1.24 bits per heavy atom. The van der Waals surface area contributed by atoms with Crippen LogP contribution in [-0.2, 0) is 4.74 Å². The van der Waals surface area contributed by atoms with E-state index in [0.29, 0.717) is 13.1 Å². The lowest BCUT2D eigenvalue weighted by molar-refractivity contribution is 0.0203. The number of aromatic nitrogens is 2. The first-order chi connectivity index (χ1) is 11.8. The van der Waals surface area contributed by atoms with E-state index in [1.165, 1.54) is 12.1 Å². The van der Waals surface area contributed by atoms with E-state index in [0.717, 1.165) is 29.9 Å². The number of benzene rings is 1. The summed E-state index contributed by atoms with van der Waals surface area (Å²) in [6.45, 7) is 6.94. The largest absolute Gasteiger partial charge is 0.444 e. The molecule has 3 rings (SSSR count). The lowest BCUT2D eigenvalue weighted by atomic mass is 9.96. The molecule has 134 valence electrons. The molecule has 1 fully saturated rings. The van der Waals surface area contributed by atoms with Crippen LogP contribution in [0, 0.1) is 5.82 Å². The van der Waals surface area contributed by atoms with Crippen molar-refractivity contribution in [1.82, 2.24) is 14.9 Å². The van der Waals surface area contributed by atoms with Crippen LogP contribution in [-0.4, -0.2) is 39.7 Å². The number of rotatable bonds is 2. The second kappa shape index (κ2) is 6.86. The molecule has 5 nitrogen and oxygen atoms in total. The number of hydrogen-bond acceptors (Lipinski definition) is 3. The molecule has 0 spiro atoms. The number of H-pyrrole nitrogens is 1. The number of nitrogens with one attached hydrogen (secondary N) is 1. The number of likely N-dealkylation sites (tertiary alicyclic amines) is 1. The molecule has 0 atom stereocenters. The smallest absolute Gasteiger partial charge is 0.410 e. The Labute approximate surface area is 147 Å². The van der Waals surface area contributed by atoms with Gasteiger partial charge in [0, 0.05) is 19.0 Å². The fraction of sp³-hybridized carbons (Fsp3) is 0.474. The van der Waals surface area contributed by atoms with E-state index < -0.39 is 5.60 Å². The van der Waals surface area contributed by atoms with Crippen molar-refractivity contribution in [3.8, 4) is 11.3 Å². The highest BCUT2D eigenvalue weighted by Gasteiger charge is 2.28. The van der Waals surface area contributed by atoms with Crippen molar-refractivity contribution >= 4 is 6.09 Å². The van der Waals surface area contributed by atoms with E-state index in [9.17, 15) is 9.18 Å². The maximum absolute atomic E-state index is 13.0. The summed E-state index contributed by atoms with van der Waals surface area (Å²) in [5, 5.41) is 0. The van der Waals surface area contributed by atoms with Crippen molar-refractivity contribution in [1.29, 1.82) is 0 Å². The summed E-state index contributed by atoms with van der Waals surface area (Å²) in [4.78, 5) is 21.7. The number of carbonyl (C=O) groups excluding carboxylic acids is 1. The van der Waals surface area contributed by atoms with Crippen molar-refractivity contribution in [2.24, 2.45) is 0 Å². The van der Waals surface area contributed by atoms with E-state index in [1.54, 1.807) is 23.2 Å². The van der Waals surface area contributed by atoms with Gasteiger partial charge in [0.25, 0.3) is 0 Å². The van der Waals surface area contributed by atoms with Crippen LogP contribution in [0.15, 0.2) is 30.5 Å². The third-order valence-electron chi connectivity index (χ3n) is 4.28. The van der Waals surface area contributed by atoms with Gasteiger partial charge in [0.15, 0.2) is 0 Å². The summed E-state index contributed by atoms with van der Waals surface area (Å²) in [7, 11) is 0. The average Bonchev–Trinajstić information content (AvgIpc) is 3.04. The molecule has 0 radical (unpaired) electrons. The standard InChI is InChI=1S/C19H24FN3O2/c1-19(2,3)25-18(24)23-10-8-14(9-11-23)17-21-12-16(22-17)13-4-6-15(20)7-5-13/h4-7,12,14H,8-11H2,1-3H3,(H,21,22). The normalized spacial score (nSPS) is 16.1. The van der Waals surface area contributed by atoms with E-state index >= 15 is 0 Å². The van der Waals surface area contributed by atoms with Gasteiger partial charge in [0.1, 0.15) is 17.2 Å². The highest BCUT2D eigenvalue weighted by atomic mass is 19.1. The Balaban J connectivity index is 1.60. The predicted octanol–water partition coefficient (Wildman–Crippen LogP) is 4.33. The molecule has 1 saturated heterocycles. The number of hydrogen-bond donors (Lipinski definition) is 1. The van der Waals surface area contributed by atoms with Gasteiger partial charge in [-0.1, -0.05) is 0 Å². The zero-order valence-corrected chi connectivity index (χ0v) is 14.9. The third kappa shape index (κ3) is 4.38. The van der Waals surface area contributed by atoms with Gasteiger partial charge in [0.05, 0.1) is 11.9 Å². The Morgan fingerprint density at radius 2 is 1.88 bits per heavy atom. The van der Waals surface area contributed by atoms with Gasteiger partial charge in [-0.15, -0.1) is 0 Å². The van der Waals surface area contributed by atoms with Gasteiger partial charge >= 0.3 is 6.09 Å². The van der Waals surface area contributed by atoms with Gasteiger partial charge in [-0.3, -0.25) is 0 Å². The number of imidazole rings is 1. The number of ether oxygens (including phenoxy) is 1. The summed E-state index contributed by atoms with van der Waals surface area (Å²) in [5.41, 5.74) is 1.31. The third-order valence-corrected chi connectivity index (χ3v) is 4.28. The second-order valence-electron chi connectivity index (χ2n) is 7.43. The molecule has 1 amide bonds. The molecular formula is C19H24FN3O2. The fourth-order valence-electron chi connectivity index (χ4n) is 2.98. The molecule has 1 aliphatic rings. The summed E-state index contributed by atoms with van der Waals surface area (Å²) in [5.74, 6) is 0.953. The maximum atomic E-state index is 13.0. The first kappa shape index (κ1) is 17.5. The summed E-state index contributed by atoms with van der Waals surface area (Å²) < 4.78 is 18.5.